The summed E-state index contributed by atoms with van der Waals surface area (Å²) in [6.45, 7) is 1.95. The van der Waals surface area contributed by atoms with E-state index in [0.29, 0.717) is 11.4 Å². The van der Waals surface area contributed by atoms with Gasteiger partial charge in [-0.1, -0.05) is 0 Å². The SMILES string of the molecule is Cc1ccnc(C(=O)c2cccn2C)c1. The molecule has 2 heterocycles. The Balaban J connectivity index is 2.41. The second-order valence-electron chi connectivity index (χ2n) is 3.55. The minimum absolute atomic E-state index is 0.0359. The molecule has 0 atom stereocenters. The summed E-state index contributed by atoms with van der Waals surface area (Å²) in [5.41, 5.74) is 2.20. The monoisotopic (exact) mass is 200 g/mol. The molecule has 0 aromatic carbocycles. The van der Waals surface area contributed by atoms with Crippen LogP contribution in [0.2, 0.25) is 0 Å². The minimum atomic E-state index is -0.0359. The van der Waals surface area contributed by atoms with Crippen molar-refractivity contribution in [3.05, 3.63) is 53.6 Å². The smallest absolute Gasteiger partial charge is 0.227 e. The lowest BCUT2D eigenvalue weighted by Crippen LogP contribution is -2.08. The maximum absolute atomic E-state index is 12.0. The Morgan fingerprint density at radius 1 is 1.40 bits per heavy atom. The van der Waals surface area contributed by atoms with Gasteiger partial charge in [0, 0.05) is 19.4 Å². The highest BCUT2D eigenvalue weighted by atomic mass is 16.1. The van der Waals surface area contributed by atoms with Crippen molar-refractivity contribution in [2.75, 3.05) is 0 Å². The lowest BCUT2D eigenvalue weighted by Gasteiger charge is -2.02. The molecule has 0 aliphatic heterocycles. The van der Waals surface area contributed by atoms with Crippen LogP contribution >= 0.6 is 0 Å². The van der Waals surface area contributed by atoms with Gasteiger partial charge in [-0.25, -0.2) is 0 Å². The van der Waals surface area contributed by atoms with Crippen LogP contribution in [0.5, 0.6) is 0 Å². The molecular formula is C12H12N2O. The van der Waals surface area contributed by atoms with Crippen molar-refractivity contribution in [3.8, 4) is 0 Å². The number of carbonyl (C=O) groups is 1. The van der Waals surface area contributed by atoms with Crippen LogP contribution in [0, 0.1) is 6.92 Å². The lowest BCUT2D eigenvalue weighted by molar-refractivity contribution is 0.102. The fourth-order valence-electron chi connectivity index (χ4n) is 1.49. The molecule has 2 aromatic rings. The van der Waals surface area contributed by atoms with Gasteiger partial charge < -0.3 is 4.57 Å². The fraction of sp³-hybridized carbons (Fsp3) is 0.167. The standard InChI is InChI=1S/C12H12N2O/c1-9-5-6-13-10(8-9)12(15)11-4-3-7-14(11)2/h3-8H,1-2H3. The second kappa shape index (κ2) is 3.69. The quantitative estimate of drug-likeness (QED) is 0.694. The topological polar surface area (TPSA) is 34.9 Å². The van der Waals surface area contributed by atoms with Gasteiger partial charge in [0.2, 0.25) is 5.78 Å². The average Bonchev–Trinajstić information content (AvgIpc) is 2.63. The second-order valence-corrected chi connectivity index (χ2v) is 3.55. The minimum Gasteiger partial charge on any atom is -0.348 e. The third-order valence-corrected chi connectivity index (χ3v) is 2.32. The Labute approximate surface area is 88.4 Å². The molecule has 15 heavy (non-hydrogen) atoms. The van der Waals surface area contributed by atoms with Gasteiger partial charge in [-0.2, -0.15) is 0 Å². The summed E-state index contributed by atoms with van der Waals surface area (Å²) in [6, 6.07) is 7.33. The first-order valence-corrected chi connectivity index (χ1v) is 4.77. The maximum atomic E-state index is 12.0. The van der Waals surface area contributed by atoms with Gasteiger partial charge in [0.05, 0.1) is 5.69 Å². The zero-order valence-corrected chi connectivity index (χ0v) is 8.77. The normalized spacial score (nSPS) is 10.3. The molecule has 2 aromatic heterocycles. The van der Waals surface area contributed by atoms with Gasteiger partial charge in [-0.05, 0) is 36.8 Å². The van der Waals surface area contributed by atoms with Crippen LogP contribution in [-0.2, 0) is 7.05 Å². The van der Waals surface area contributed by atoms with Crippen molar-refractivity contribution in [1.29, 1.82) is 0 Å². The van der Waals surface area contributed by atoms with Crippen molar-refractivity contribution < 1.29 is 4.79 Å². The van der Waals surface area contributed by atoms with Crippen molar-refractivity contribution in [2.24, 2.45) is 7.05 Å². The van der Waals surface area contributed by atoms with Gasteiger partial charge in [0.15, 0.2) is 0 Å². The number of pyridine rings is 1. The number of ketones is 1. The summed E-state index contributed by atoms with van der Waals surface area (Å²) in [5, 5.41) is 0. The van der Waals surface area contributed by atoms with E-state index >= 15 is 0 Å². The van der Waals surface area contributed by atoms with E-state index in [1.807, 2.05) is 32.3 Å². The Bertz CT molecular complexity index is 500. The summed E-state index contributed by atoms with van der Waals surface area (Å²) in [6.07, 6.45) is 3.51. The first kappa shape index (κ1) is 9.65. The van der Waals surface area contributed by atoms with E-state index in [-0.39, 0.29) is 5.78 Å². The van der Waals surface area contributed by atoms with Crippen LogP contribution in [0.15, 0.2) is 36.7 Å². The van der Waals surface area contributed by atoms with E-state index in [1.165, 1.54) is 0 Å². The summed E-state index contributed by atoms with van der Waals surface area (Å²) >= 11 is 0. The molecule has 0 saturated heterocycles. The van der Waals surface area contributed by atoms with Crippen LogP contribution in [0.3, 0.4) is 0 Å². The lowest BCUT2D eigenvalue weighted by atomic mass is 10.1. The van der Waals surface area contributed by atoms with Crippen LogP contribution in [-0.4, -0.2) is 15.3 Å². The first-order valence-electron chi connectivity index (χ1n) is 4.77. The molecule has 76 valence electrons. The number of nitrogens with zero attached hydrogens (tertiary/aromatic N) is 2. The third kappa shape index (κ3) is 1.81. The Morgan fingerprint density at radius 2 is 2.20 bits per heavy atom. The van der Waals surface area contributed by atoms with Crippen LogP contribution in [0.1, 0.15) is 21.7 Å². The van der Waals surface area contributed by atoms with Gasteiger partial charge in [0.1, 0.15) is 5.69 Å². The predicted octanol–water partition coefficient (Wildman–Crippen LogP) is 1.96. The number of rotatable bonds is 2. The van der Waals surface area contributed by atoms with Crippen LogP contribution < -0.4 is 0 Å². The fourth-order valence-corrected chi connectivity index (χ4v) is 1.49. The Hall–Kier alpha value is -1.90. The molecule has 3 nitrogen and oxygen atoms in total. The summed E-state index contributed by atoms with van der Waals surface area (Å²) < 4.78 is 1.80. The maximum Gasteiger partial charge on any atom is 0.227 e. The average molecular weight is 200 g/mol. The molecule has 0 aliphatic rings. The highest BCUT2D eigenvalue weighted by molar-refractivity contribution is 6.06. The Kier molecular flexibility index (Phi) is 2.37. The van der Waals surface area contributed by atoms with E-state index in [2.05, 4.69) is 4.98 Å². The van der Waals surface area contributed by atoms with Gasteiger partial charge in [-0.3, -0.25) is 9.78 Å². The summed E-state index contributed by atoms with van der Waals surface area (Å²) in [5.74, 6) is -0.0359. The van der Waals surface area contributed by atoms with Gasteiger partial charge >= 0.3 is 0 Å². The number of aromatic nitrogens is 2. The predicted molar refractivity (Wildman–Crippen MR) is 57.8 cm³/mol. The molecule has 0 saturated carbocycles. The molecule has 0 fully saturated rings. The van der Waals surface area contributed by atoms with E-state index in [4.69, 9.17) is 0 Å². The Morgan fingerprint density at radius 3 is 2.80 bits per heavy atom. The molecule has 0 radical (unpaired) electrons. The van der Waals surface area contributed by atoms with E-state index in [9.17, 15) is 4.79 Å². The zero-order chi connectivity index (χ0) is 10.8. The third-order valence-electron chi connectivity index (χ3n) is 2.32. The molecule has 0 amide bonds. The first-order chi connectivity index (χ1) is 7.18. The number of aryl methyl sites for hydroxylation is 2. The van der Waals surface area contributed by atoms with Crippen LogP contribution in [0.25, 0.3) is 0 Å². The van der Waals surface area contributed by atoms with Gasteiger partial charge in [-0.15, -0.1) is 0 Å². The molecule has 0 aliphatic carbocycles. The van der Waals surface area contributed by atoms with Crippen molar-refractivity contribution in [2.45, 2.75) is 6.92 Å². The van der Waals surface area contributed by atoms with E-state index in [1.54, 1.807) is 22.9 Å². The zero-order valence-electron chi connectivity index (χ0n) is 8.77. The van der Waals surface area contributed by atoms with Crippen molar-refractivity contribution >= 4 is 5.78 Å². The van der Waals surface area contributed by atoms with E-state index < -0.39 is 0 Å². The number of hydrogen-bond acceptors (Lipinski definition) is 2. The molecule has 2 rings (SSSR count). The van der Waals surface area contributed by atoms with Gasteiger partial charge in [0.25, 0.3) is 0 Å². The molecule has 3 heteroatoms. The highest BCUT2D eigenvalue weighted by Crippen LogP contribution is 2.08. The van der Waals surface area contributed by atoms with E-state index in [0.717, 1.165) is 5.56 Å². The number of hydrogen-bond donors (Lipinski definition) is 0. The van der Waals surface area contributed by atoms with Crippen LogP contribution in [0.4, 0.5) is 0 Å². The van der Waals surface area contributed by atoms with Crippen molar-refractivity contribution in [1.82, 2.24) is 9.55 Å². The summed E-state index contributed by atoms with van der Waals surface area (Å²) in [4.78, 5) is 16.1. The summed E-state index contributed by atoms with van der Waals surface area (Å²) in [7, 11) is 1.85. The molecule has 0 N–H and O–H groups in total. The molecule has 0 unspecified atom stereocenters. The molecule has 0 spiro atoms. The largest absolute Gasteiger partial charge is 0.348 e. The number of carbonyl (C=O) groups excluding carboxylic acids is 1. The van der Waals surface area contributed by atoms with Crippen molar-refractivity contribution in [3.63, 3.8) is 0 Å². The molecule has 0 bridgehead atoms. The highest BCUT2D eigenvalue weighted by Gasteiger charge is 2.12. The molecular weight excluding hydrogens is 188 g/mol.